The molecular weight excluding hydrogens is 330 g/mol. The molecule has 3 aliphatic heterocycles. The van der Waals surface area contributed by atoms with Crippen LogP contribution in [0.1, 0.15) is 23.6 Å². The molecule has 2 bridgehead atoms. The quantitative estimate of drug-likeness (QED) is 0.763. The Hall–Kier alpha value is -2.76. The van der Waals surface area contributed by atoms with E-state index in [1.807, 2.05) is 28.8 Å². The van der Waals surface area contributed by atoms with Gasteiger partial charge in [-0.2, -0.15) is 0 Å². The molecule has 4 heterocycles. The van der Waals surface area contributed by atoms with Crippen molar-refractivity contribution in [3.05, 3.63) is 58.0 Å². The van der Waals surface area contributed by atoms with Gasteiger partial charge in [0.15, 0.2) is 0 Å². The van der Waals surface area contributed by atoms with Crippen molar-refractivity contribution in [1.29, 1.82) is 0 Å². The van der Waals surface area contributed by atoms with Crippen molar-refractivity contribution in [3.8, 4) is 0 Å². The number of piperidine rings is 1. The Labute approximate surface area is 150 Å². The van der Waals surface area contributed by atoms with Gasteiger partial charge in [0.05, 0.1) is 12.0 Å². The van der Waals surface area contributed by atoms with Crippen molar-refractivity contribution in [2.45, 2.75) is 31.3 Å². The second kappa shape index (κ2) is 5.37. The molecule has 5 rings (SSSR count). The van der Waals surface area contributed by atoms with Crippen LogP contribution in [0.25, 0.3) is 0 Å². The minimum absolute atomic E-state index is 0.0153. The van der Waals surface area contributed by atoms with E-state index in [9.17, 15) is 14.7 Å². The summed E-state index contributed by atoms with van der Waals surface area (Å²) in [7, 11) is 0. The van der Waals surface area contributed by atoms with Crippen LogP contribution in [0.2, 0.25) is 0 Å². The minimum atomic E-state index is -0.776. The van der Waals surface area contributed by atoms with E-state index in [2.05, 4.69) is 4.90 Å². The van der Waals surface area contributed by atoms with E-state index < -0.39 is 11.9 Å². The number of aromatic nitrogens is 1. The average Bonchev–Trinajstić information content (AvgIpc) is 2.61. The Morgan fingerprint density at radius 2 is 2.04 bits per heavy atom. The summed E-state index contributed by atoms with van der Waals surface area (Å²) in [5.74, 6) is -0.871. The number of nitrogen functional groups attached to an aromatic ring is 1. The predicted molar refractivity (Wildman–Crippen MR) is 98.4 cm³/mol. The van der Waals surface area contributed by atoms with Gasteiger partial charge in [-0.05, 0) is 48.6 Å². The van der Waals surface area contributed by atoms with Crippen molar-refractivity contribution < 1.29 is 9.90 Å². The standard InChI is InChI=1S/C20H21N3O3/c21-13-4-5-16-12(7-13)8-15(20(25)26)19-14-6-11(10-23(16)19)9-22-17(14)2-1-3-18(22)24/h1-5,7,11,14-15,19H,6,8-10,21H2,(H,25,26)/t11-,14+,15+,19+/m1/s1. The molecule has 0 unspecified atom stereocenters. The van der Waals surface area contributed by atoms with Crippen LogP contribution in [0.4, 0.5) is 11.4 Å². The summed E-state index contributed by atoms with van der Waals surface area (Å²) in [6.07, 6.45) is 1.42. The van der Waals surface area contributed by atoms with Crippen LogP contribution >= 0.6 is 0 Å². The number of fused-ring (bicyclic) bond motifs is 8. The highest BCUT2D eigenvalue weighted by Crippen LogP contribution is 2.48. The normalized spacial score (nSPS) is 28.7. The molecule has 1 aromatic heterocycles. The summed E-state index contributed by atoms with van der Waals surface area (Å²) in [5.41, 5.74) is 9.71. The zero-order valence-electron chi connectivity index (χ0n) is 14.3. The number of carbonyl (C=O) groups is 1. The highest BCUT2D eigenvalue weighted by molar-refractivity contribution is 5.76. The largest absolute Gasteiger partial charge is 0.481 e. The zero-order valence-corrected chi connectivity index (χ0v) is 14.3. The molecule has 0 amide bonds. The maximum atomic E-state index is 12.3. The van der Waals surface area contributed by atoms with E-state index in [0.29, 0.717) is 24.6 Å². The Kier molecular flexibility index (Phi) is 3.20. The molecule has 0 saturated carbocycles. The summed E-state index contributed by atoms with van der Waals surface area (Å²) < 4.78 is 1.85. The van der Waals surface area contributed by atoms with Crippen molar-refractivity contribution >= 4 is 17.3 Å². The van der Waals surface area contributed by atoms with Gasteiger partial charge in [-0.3, -0.25) is 9.59 Å². The van der Waals surface area contributed by atoms with E-state index in [0.717, 1.165) is 29.9 Å². The van der Waals surface area contributed by atoms with E-state index in [1.165, 1.54) is 0 Å². The second-order valence-corrected chi connectivity index (χ2v) is 7.79. The third kappa shape index (κ3) is 2.11. The Morgan fingerprint density at radius 3 is 2.85 bits per heavy atom. The van der Waals surface area contributed by atoms with E-state index in [4.69, 9.17) is 5.73 Å². The van der Waals surface area contributed by atoms with Gasteiger partial charge < -0.3 is 20.3 Å². The molecule has 1 saturated heterocycles. The molecule has 0 radical (unpaired) electrons. The number of hydrogen-bond acceptors (Lipinski definition) is 4. The van der Waals surface area contributed by atoms with Crippen LogP contribution in [0.15, 0.2) is 41.2 Å². The maximum Gasteiger partial charge on any atom is 0.308 e. The molecule has 6 heteroatoms. The molecule has 26 heavy (non-hydrogen) atoms. The van der Waals surface area contributed by atoms with Gasteiger partial charge in [-0.1, -0.05) is 6.07 Å². The number of benzene rings is 1. The van der Waals surface area contributed by atoms with Gasteiger partial charge in [0, 0.05) is 42.1 Å². The molecule has 6 nitrogen and oxygen atoms in total. The van der Waals surface area contributed by atoms with E-state index in [-0.39, 0.29) is 17.5 Å². The first-order valence-corrected chi connectivity index (χ1v) is 9.10. The lowest BCUT2D eigenvalue weighted by Crippen LogP contribution is -2.59. The number of anilines is 2. The van der Waals surface area contributed by atoms with Crippen LogP contribution in [-0.4, -0.2) is 28.2 Å². The number of hydrogen-bond donors (Lipinski definition) is 2. The van der Waals surface area contributed by atoms with Crippen LogP contribution in [0.5, 0.6) is 0 Å². The first-order chi connectivity index (χ1) is 12.5. The fourth-order valence-electron chi connectivity index (χ4n) is 5.33. The number of carboxylic acid groups (broad SMARTS) is 1. The first kappa shape index (κ1) is 15.5. The molecule has 1 fully saturated rings. The molecule has 3 aliphatic rings. The fraction of sp³-hybridized carbons (Fsp3) is 0.400. The molecule has 2 aromatic rings. The number of nitrogens with zero attached hydrogens (tertiary/aromatic N) is 2. The van der Waals surface area contributed by atoms with Crippen molar-refractivity contribution in [2.75, 3.05) is 17.2 Å². The number of rotatable bonds is 1. The van der Waals surface area contributed by atoms with Crippen molar-refractivity contribution in [2.24, 2.45) is 11.8 Å². The van der Waals surface area contributed by atoms with Gasteiger partial charge in [0.2, 0.25) is 0 Å². The third-order valence-electron chi connectivity index (χ3n) is 6.30. The average molecular weight is 351 g/mol. The van der Waals surface area contributed by atoms with Gasteiger partial charge in [0.25, 0.3) is 5.56 Å². The SMILES string of the molecule is Nc1ccc2c(c1)C[C@H](C(=O)O)[C@@H]1[C@H]3C[C@@H](CN21)Cn1c3cccc1=O. The zero-order chi connectivity index (χ0) is 18.0. The number of aliphatic carboxylic acids is 1. The summed E-state index contributed by atoms with van der Waals surface area (Å²) in [6.45, 7) is 1.49. The number of carboxylic acids is 1. The van der Waals surface area contributed by atoms with Crippen LogP contribution < -0.4 is 16.2 Å². The van der Waals surface area contributed by atoms with Crippen molar-refractivity contribution in [3.63, 3.8) is 0 Å². The van der Waals surface area contributed by atoms with Gasteiger partial charge >= 0.3 is 5.97 Å². The van der Waals surface area contributed by atoms with E-state index in [1.54, 1.807) is 12.1 Å². The molecular formula is C20H21N3O3. The maximum absolute atomic E-state index is 12.3. The smallest absolute Gasteiger partial charge is 0.308 e. The lowest BCUT2D eigenvalue weighted by atomic mass is 9.69. The summed E-state index contributed by atoms with van der Waals surface area (Å²) >= 11 is 0. The summed E-state index contributed by atoms with van der Waals surface area (Å²) in [4.78, 5) is 26.7. The summed E-state index contributed by atoms with van der Waals surface area (Å²) in [6, 6.07) is 11.1. The lowest BCUT2D eigenvalue weighted by molar-refractivity contribution is -0.143. The molecule has 0 aliphatic carbocycles. The minimum Gasteiger partial charge on any atom is -0.481 e. The van der Waals surface area contributed by atoms with E-state index >= 15 is 0 Å². The third-order valence-corrected chi connectivity index (χ3v) is 6.30. The van der Waals surface area contributed by atoms with Gasteiger partial charge in [-0.15, -0.1) is 0 Å². The molecule has 4 atom stereocenters. The van der Waals surface area contributed by atoms with Crippen LogP contribution in [-0.2, 0) is 17.8 Å². The van der Waals surface area contributed by atoms with Crippen molar-refractivity contribution in [1.82, 2.24) is 4.57 Å². The summed E-state index contributed by atoms with van der Waals surface area (Å²) in [5, 5.41) is 9.95. The molecule has 1 aromatic carbocycles. The lowest BCUT2D eigenvalue weighted by Gasteiger charge is -2.53. The highest BCUT2D eigenvalue weighted by atomic mass is 16.4. The topological polar surface area (TPSA) is 88.6 Å². The van der Waals surface area contributed by atoms with Crippen LogP contribution in [0, 0.1) is 11.8 Å². The molecule has 134 valence electrons. The number of nitrogens with two attached hydrogens (primary N) is 1. The highest BCUT2D eigenvalue weighted by Gasteiger charge is 2.49. The first-order valence-electron chi connectivity index (χ1n) is 9.10. The molecule has 3 N–H and O–H groups in total. The Bertz CT molecular complexity index is 967. The van der Waals surface area contributed by atoms with Gasteiger partial charge in [0.1, 0.15) is 0 Å². The number of pyridine rings is 1. The predicted octanol–water partition coefficient (Wildman–Crippen LogP) is 1.68. The van der Waals surface area contributed by atoms with Crippen LogP contribution in [0.3, 0.4) is 0 Å². The second-order valence-electron chi connectivity index (χ2n) is 7.79. The monoisotopic (exact) mass is 351 g/mol. The fourth-order valence-corrected chi connectivity index (χ4v) is 5.33. The molecule has 0 spiro atoms. The Balaban J connectivity index is 1.69. The van der Waals surface area contributed by atoms with Gasteiger partial charge in [-0.25, -0.2) is 0 Å². The Morgan fingerprint density at radius 1 is 1.19 bits per heavy atom.